The number of nitriles is 1. The minimum atomic E-state index is -0.477. The van der Waals surface area contributed by atoms with Crippen LogP contribution in [0.3, 0.4) is 0 Å². The number of nitrogens with zero attached hydrogens (tertiary/aromatic N) is 2. The van der Waals surface area contributed by atoms with Crippen LogP contribution in [0.15, 0.2) is 0 Å². The summed E-state index contributed by atoms with van der Waals surface area (Å²) in [4.78, 5) is 14.3. The summed E-state index contributed by atoms with van der Waals surface area (Å²) in [7, 11) is 0. The number of hydrogen-bond acceptors (Lipinski definition) is 3. The summed E-state index contributed by atoms with van der Waals surface area (Å²) in [5.41, 5.74) is -0.477. The zero-order valence-corrected chi connectivity index (χ0v) is 12.9. The monoisotopic (exact) mass is 278 g/mol. The Morgan fingerprint density at radius 2 is 1.95 bits per heavy atom. The molecule has 2 aliphatic rings. The van der Waals surface area contributed by atoms with Crippen LogP contribution < -0.4 is 0 Å². The first kappa shape index (κ1) is 15.2. The van der Waals surface area contributed by atoms with Crippen molar-refractivity contribution in [3.8, 4) is 6.07 Å². The molecule has 1 saturated heterocycles. The van der Waals surface area contributed by atoms with Gasteiger partial charge in [0.2, 0.25) is 0 Å². The van der Waals surface area contributed by atoms with Gasteiger partial charge < -0.3 is 9.64 Å². The van der Waals surface area contributed by atoms with Crippen LogP contribution >= 0.6 is 0 Å². The van der Waals surface area contributed by atoms with E-state index in [0.717, 1.165) is 45.1 Å². The quantitative estimate of drug-likeness (QED) is 0.773. The highest BCUT2D eigenvalue weighted by Gasteiger charge is 2.42. The van der Waals surface area contributed by atoms with Crippen LogP contribution in [0, 0.1) is 23.2 Å². The maximum absolute atomic E-state index is 12.4. The molecule has 1 aliphatic carbocycles. The average molecular weight is 278 g/mol. The zero-order chi connectivity index (χ0) is 14.8. The van der Waals surface area contributed by atoms with Crippen LogP contribution in [0.5, 0.6) is 0 Å². The first-order valence-corrected chi connectivity index (χ1v) is 7.81. The molecule has 0 N–H and O–H groups in total. The van der Waals surface area contributed by atoms with Gasteiger partial charge in [-0.1, -0.05) is 12.8 Å². The smallest absolute Gasteiger partial charge is 0.410 e. The molecule has 0 spiro atoms. The topological polar surface area (TPSA) is 53.3 Å². The summed E-state index contributed by atoms with van der Waals surface area (Å²) in [6, 6.07) is 2.51. The summed E-state index contributed by atoms with van der Waals surface area (Å²) < 4.78 is 5.54. The van der Waals surface area contributed by atoms with Crippen molar-refractivity contribution in [1.82, 2.24) is 4.90 Å². The summed E-state index contributed by atoms with van der Waals surface area (Å²) in [5, 5.41) is 9.48. The second-order valence-corrected chi connectivity index (χ2v) is 7.08. The normalized spacial score (nSPS) is 25.5. The zero-order valence-electron chi connectivity index (χ0n) is 12.9. The molecular formula is C16H26N2O2. The maximum Gasteiger partial charge on any atom is 0.410 e. The van der Waals surface area contributed by atoms with Gasteiger partial charge in [-0.2, -0.15) is 5.26 Å². The summed E-state index contributed by atoms with van der Waals surface area (Å²) in [5.74, 6) is 0.480. The molecule has 2 unspecified atom stereocenters. The fourth-order valence-corrected chi connectivity index (χ4v) is 3.02. The van der Waals surface area contributed by atoms with E-state index in [9.17, 15) is 10.1 Å². The fraction of sp³-hybridized carbons (Fsp3) is 0.875. The number of carbonyl (C=O) groups excluding carboxylic acids is 1. The van der Waals surface area contributed by atoms with Crippen LogP contribution in [0.1, 0.15) is 59.3 Å². The lowest BCUT2D eigenvalue weighted by Crippen LogP contribution is -2.46. The molecule has 1 amide bonds. The van der Waals surface area contributed by atoms with Gasteiger partial charge in [-0.05, 0) is 52.4 Å². The molecule has 1 saturated carbocycles. The molecule has 2 fully saturated rings. The average Bonchev–Trinajstić information content (AvgIpc) is 3.14. The van der Waals surface area contributed by atoms with Gasteiger partial charge in [0, 0.05) is 6.54 Å². The van der Waals surface area contributed by atoms with E-state index in [4.69, 9.17) is 4.74 Å². The summed E-state index contributed by atoms with van der Waals surface area (Å²) in [6.07, 6.45) is 6.22. The SMILES string of the molecule is CC(C)(C)OC(=O)N1CCCCCC1C(C#N)C1CC1. The Hall–Kier alpha value is -1.24. The van der Waals surface area contributed by atoms with Crippen molar-refractivity contribution in [2.45, 2.75) is 70.9 Å². The van der Waals surface area contributed by atoms with Gasteiger partial charge in [0.25, 0.3) is 0 Å². The molecule has 0 aromatic carbocycles. The van der Waals surface area contributed by atoms with Gasteiger partial charge in [-0.25, -0.2) is 4.79 Å². The van der Waals surface area contributed by atoms with Crippen molar-refractivity contribution in [3.63, 3.8) is 0 Å². The molecule has 4 heteroatoms. The summed E-state index contributed by atoms with van der Waals surface area (Å²) >= 11 is 0. The molecule has 0 aromatic rings. The molecule has 0 bridgehead atoms. The second kappa shape index (κ2) is 6.03. The van der Waals surface area contributed by atoms with Gasteiger partial charge in [0.1, 0.15) is 5.60 Å². The van der Waals surface area contributed by atoms with Gasteiger partial charge in [-0.15, -0.1) is 0 Å². The largest absolute Gasteiger partial charge is 0.444 e. The van der Waals surface area contributed by atoms with E-state index in [2.05, 4.69) is 6.07 Å². The van der Waals surface area contributed by atoms with Crippen LogP contribution in [0.25, 0.3) is 0 Å². The molecule has 0 radical (unpaired) electrons. The molecular weight excluding hydrogens is 252 g/mol. The van der Waals surface area contributed by atoms with Gasteiger partial charge in [-0.3, -0.25) is 0 Å². The van der Waals surface area contributed by atoms with Crippen LogP contribution in [-0.2, 0) is 4.74 Å². The number of rotatable bonds is 2. The number of ether oxygens (including phenoxy) is 1. The Kier molecular flexibility index (Phi) is 4.57. The highest BCUT2D eigenvalue weighted by Crippen LogP contribution is 2.41. The first-order valence-electron chi connectivity index (χ1n) is 7.81. The Bertz CT molecular complexity index is 390. The van der Waals surface area contributed by atoms with E-state index in [1.165, 1.54) is 0 Å². The van der Waals surface area contributed by atoms with Gasteiger partial charge >= 0.3 is 6.09 Å². The Balaban J connectivity index is 2.12. The second-order valence-electron chi connectivity index (χ2n) is 7.08. The van der Waals surface area contributed by atoms with Crippen molar-refractivity contribution >= 4 is 6.09 Å². The van der Waals surface area contributed by atoms with Crippen molar-refractivity contribution < 1.29 is 9.53 Å². The molecule has 2 rings (SSSR count). The van der Waals surface area contributed by atoms with Crippen LogP contribution in [0.2, 0.25) is 0 Å². The number of amides is 1. The maximum atomic E-state index is 12.4. The van der Waals surface area contributed by atoms with E-state index in [1.807, 2.05) is 25.7 Å². The molecule has 20 heavy (non-hydrogen) atoms. The standard InChI is InChI=1S/C16H26N2O2/c1-16(2,3)20-15(19)18-10-6-4-5-7-14(18)13(11-17)12-8-9-12/h12-14H,4-10H2,1-3H3. The van der Waals surface area contributed by atoms with Gasteiger partial charge in [0.05, 0.1) is 18.0 Å². The van der Waals surface area contributed by atoms with Crippen molar-refractivity contribution in [2.75, 3.05) is 6.54 Å². The van der Waals surface area contributed by atoms with Crippen molar-refractivity contribution in [1.29, 1.82) is 5.26 Å². The molecule has 2 atom stereocenters. The first-order chi connectivity index (χ1) is 9.42. The van der Waals surface area contributed by atoms with E-state index in [1.54, 1.807) is 0 Å². The molecule has 112 valence electrons. The third-order valence-electron chi connectivity index (χ3n) is 4.12. The minimum absolute atomic E-state index is 0.0133. The third-order valence-corrected chi connectivity index (χ3v) is 4.12. The number of carbonyl (C=O) groups is 1. The number of hydrogen-bond donors (Lipinski definition) is 0. The van der Waals surface area contributed by atoms with Crippen molar-refractivity contribution in [3.05, 3.63) is 0 Å². The lowest BCUT2D eigenvalue weighted by molar-refractivity contribution is 0.0117. The van der Waals surface area contributed by atoms with Crippen LogP contribution in [-0.4, -0.2) is 29.2 Å². The predicted octanol–water partition coefficient (Wildman–Crippen LogP) is 3.72. The van der Waals surface area contributed by atoms with E-state index in [-0.39, 0.29) is 18.1 Å². The highest BCUT2D eigenvalue weighted by molar-refractivity contribution is 5.68. The Morgan fingerprint density at radius 3 is 2.50 bits per heavy atom. The molecule has 0 aromatic heterocycles. The molecule has 1 aliphatic heterocycles. The van der Waals surface area contributed by atoms with E-state index >= 15 is 0 Å². The molecule has 1 heterocycles. The minimum Gasteiger partial charge on any atom is -0.444 e. The van der Waals surface area contributed by atoms with Crippen LogP contribution in [0.4, 0.5) is 4.79 Å². The van der Waals surface area contributed by atoms with Gasteiger partial charge in [0.15, 0.2) is 0 Å². The Labute approximate surface area is 122 Å². The number of likely N-dealkylation sites (tertiary alicyclic amines) is 1. The lowest BCUT2D eigenvalue weighted by Gasteiger charge is -2.34. The lowest BCUT2D eigenvalue weighted by atomic mass is 9.91. The fourth-order valence-electron chi connectivity index (χ4n) is 3.02. The predicted molar refractivity (Wildman–Crippen MR) is 77.0 cm³/mol. The van der Waals surface area contributed by atoms with Crippen molar-refractivity contribution in [2.24, 2.45) is 11.8 Å². The highest BCUT2D eigenvalue weighted by atomic mass is 16.6. The third kappa shape index (κ3) is 3.88. The molecule has 4 nitrogen and oxygen atoms in total. The summed E-state index contributed by atoms with van der Waals surface area (Å²) in [6.45, 7) is 6.39. The Morgan fingerprint density at radius 1 is 1.25 bits per heavy atom. The van der Waals surface area contributed by atoms with E-state index in [0.29, 0.717) is 5.92 Å². The van der Waals surface area contributed by atoms with E-state index < -0.39 is 5.60 Å².